The maximum Gasteiger partial charge on any atom is 0.167 e. The van der Waals surface area contributed by atoms with E-state index in [0.29, 0.717) is 13.2 Å². The quantitative estimate of drug-likeness (QED) is 0.842. The maximum absolute atomic E-state index is 13.7. The van der Waals surface area contributed by atoms with Gasteiger partial charge in [-0.15, -0.1) is 0 Å². The minimum atomic E-state index is -0.349. The smallest absolute Gasteiger partial charge is 0.167 e. The van der Waals surface area contributed by atoms with E-state index in [-0.39, 0.29) is 11.6 Å². The van der Waals surface area contributed by atoms with Gasteiger partial charge in [-0.05, 0) is 25.5 Å². The van der Waals surface area contributed by atoms with Crippen LogP contribution in [0.5, 0.6) is 5.75 Å². The first kappa shape index (κ1) is 14.4. The summed E-state index contributed by atoms with van der Waals surface area (Å²) in [5, 5.41) is 7.43. The number of ether oxygens (including phenoxy) is 1. The van der Waals surface area contributed by atoms with E-state index >= 15 is 0 Å². The van der Waals surface area contributed by atoms with Gasteiger partial charge in [0.05, 0.1) is 12.8 Å². The van der Waals surface area contributed by atoms with Gasteiger partial charge in [-0.25, -0.2) is 4.39 Å². The minimum Gasteiger partial charge on any atom is -0.491 e. The van der Waals surface area contributed by atoms with Crippen molar-refractivity contribution in [3.8, 4) is 5.75 Å². The van der Waals surface area contributed by atoms with Crippen molar-refractivity contribution in [1.29, 1.82) is 0 Å². The summed E-state index contributed by atoms with van der Waals surface area (Å²) in [7, 11) is 0. The zero-order valence-electron chi connectivity index (χ0n) is 11.9. The number of hydrogen-bond acceptors (Lipinski definition) is 3. The summed E-state index contributed by atoms with van der Waals surface area (Å²) in [4.78, 5) is 0. The standard InChI is InChI=1S/C15H20FN3O/c1-3-7-19-11-12(10-18-19)9-17-13-5-6-15(20-4-2)14(16)8-13/h5-6,8,10-11,17H,3-4,7,9H2,1-2H3. The predicted molar refractivity (Wildman–Crippen MR) is 77.4 cm³/mol. The Morgan fingerprint density at radius 1 is 1.35 bits per heavy atom. The fourth-order valence-corrected chi connectivity index (χ4v) is 1.94. The van der Waals surface area contributed by atoms with Gasteiger partial charge in [-0.1, -0.05) is 6.92 Å². The van der Waals surface area contributed by atoms with Crippen molar-refractivity contribution in [2.75, 3.05) is 11.9 Å². The molecule has 0 bridgehead atoms. The molecule has 1 aromatic heterocycles. The zero-order chi connectivity index (χ0) is 14.4. The van der Waals surface area contributed by atoms with E-state index in [2.05, 4.69) is 17.3 Å². The SMILES string of the molecule is CCCn1cc(CNc2ccc(OCC)c(F)c2)cn1. The number of hydrogen-bond donors (Lipinski definition) is 1. The minimum absolute atomic E-state index is 0.286. The Morgan fingerprint density at radius 2 is 2.20 bits per heavy atom. The van der Waals surface area contributed by atoms with Crippen molar-refractivity contribution in [2.24, 2.45) is 0 Å². The molecule has 0 spiro atoms. The molecule has 0 atom stereocenters. The highest BCUT2D eigenvalue weighted by Crippen LogP contribution is 2.21. The van der Waals surface area contributed by atoms with Gasteiger partial charge in [-0.3, -0.25) is 4.68 Å². The summed E-state index contributed by atoms with van der Waals surface area (Å²) in [5.41, 5.74) is 1.81. The number of anilines is 1. The van der Waals surface area contributed by atoms with Crippen molar-refractivity contribution in [3.05, 3.63) is 42.0 Å². The number of nitrogens with one attached hydrogen (secondary N) is 1. The molecule has 0 saturated heterocycles. The van der Waals surface area contributed by atoms with E-state index in [4.69, 9.17) is 4.74 Å². The molecule has 0 saturated carbocycles. The average Bonchev–Trinajstić information content (AvgIpc) is 2.88. The third-order valence-electron chi connectivity index (χ3n) is 2.87. The summed E-state index contributed by atoms with van der Waals surface area (Å²) in [6.45, 7) is 5.94. The summed E-state index contributed by atoms with van der Waals surface area (Å²) in [5.74, 6) is -0.0626. The number of aromatic nitrogens is 2. The van der Waals surface area contributed by atoms with Gasteiger partial charge in [0, 0.05) is 36.6 Å². The van der Waals surface area contributed by atoms with Gasteiger partial charge in [0.15, 0.2) is 11.6 Å². The van der Waals surface area contributed by atoms with Crippen LogP contribution in [0.15, 0.2) is 30.6 Å². The van der Waals surface area contributed by atoms with Gasteiger partial charge < -0.3 is 10.1 Å². The van der Waals surface area contributed by atoms with Crippen LogP contribution in [0.1, 0.15) is 25.8 Å². The van der Waals surface area contributed by atoms with Crippen molar-refractivity contribution in [3.63, 3.8) is 0 Å². The molecule has 108 valence electrons. The lowest BCUT2D eigenvalue weighted by Crippen LogP contribution is -2.01. The van der Waals surface area contributed by atoms with Crippen LogP contribution in [-0.2, 0) is 13.1 Å². The van der Waals surface area contributed by atoms with E-state index in [1.54, 1.807) is 6.07 Å². The highest BCUT2D eigenvalue weighted by Gasteiger charge is 2.04. The number of nitrogens with zero attached hydrogens (tertiary/aromatic N) is 2. The molecule has 0 amide bonds. The van der Waals surface area contributed by atoms with Crippen molar-refractivity contribution in [1.82, 2.24) is 9.78 Å². The third kappa shape index (κ3) is 3.73. The molecule has 1 heterocycles. The molecule has 0 fully saturated rings. The normalized spacial score (nSPS) is 10.6. The van der Waals surface area contributed by atoms with Gasteiger partial charge >= 0.3 is 0 Å². The Bertz CT molecular complexity index is 554. The first-order valence-electron chi connectivity index (χ1n) is 6.90. The lowest BCUT2D eigenvalue weighted by Gasteiger charge is -2.08. The Labute approximate surface area is 118 Å². The molecule has 0 unspecified atom stereocenters. The van der Waals surface area contributed by atoms with Crippen molar-refractivity contribution < 1.29 is 9.13 Å². The first-order valence-corrected chi connectivity index (χ1v) is 6.90. The van der Waals surface area contributed by atoms with Crippen LogP contribution < -0.4 is 10.1 Å². The van der Waals surface area contributed by atoms with Gasteiger partial charge in [0.25, 0.3) is 0 Å². The van der Waals surface area contributed by atoms with E-state index < -0.39 is 0 Å². The summed E-state index contributed by atoms with van der Waals surface area (Å²) < 4.78 is 20.8. The molecule has 5 heteroatoms. The predicted octanol–water partition coefficient (Wildman–Crippen LogP) is 3.44. The summed E-state index contributed by atoms with van der Waals surface area (Å²) in [6.07, 6.45) is 4.88. The summed E-state index contributed by atoms with van der Waals surface area (Å²) in [6, 6.07) is 4.90. The second kappa shape index (κ2) is 6.93. The highest BCUT2D eigenvalue weighted by molar-refractivity contribution is 5.47. The largest absolute Gasteiger partial charge is 0.491 e. The van der Waals surface area contributed by atoms with E-state index in [1.165, 1.54) is 6.07 Å². The fourth-order valence-electron chi connectivity index (χ4n) is 1.94. The lowest BCUT2D eigenvalue weighted by atomic mass is 10.2. The van der Waals surface area contributed by atoms with Gasteiger partial charge in [0.1, 0.15) is 0 Å². The van der Waals surface area contributed by atoms with Crippen LogP contribution in [0.25, 0.3) is 0 Å². The molecule has 2 rings (SSSR count). The van der Waals surface area contributed by atoms with E-state index in [9.17, 15) is 4.39 Å². The molecule has 0 aliphatic heterocycles. The van der Waals surface area contributed by atoms with E-state index in [0.717, 1.165) is 24.2 Å². The number of halogens is 1. The van der Waals surface area contributed by atoms with Crippen LogP contribution in [-0.4, -0.2) is 16.4 Å². The second-order valence-corrected chi connectivity index (χ2v) is 4.54. The van der Waals surface area contributed by atoms with Crippen molar-refractivity contribution >= 4 is 5.69 Å². The van der Waals surface area contributed by atoms with Gasteiger partial charge in [0.2, 0.25) is 0 Å². The first-order chi connectivity index (χ1) is 9.72. The molecule has 0 radical (unpaired) electrons. The Balaban J connectivity index is 1.94. The number of benzene rings is 1. The summed E-state index contributed by atoms with van der Waals surface area (Å²) >= 11 is 0. The average molecular weight is 277 g/mol. The van der Waals surface area contributed by atoms with Crippen LogP contribution in [0, 0.1) is 5.82 Å². The fraction of sp³-hybridized carbons (Fsp3) is 0.400. The van der Waals surface area contributed by atoms with E-state index in [1.807, 2.05) is 30.1 Å². The Hall–Kier alpha value is -2.04. The maximum atomic E-state index is 13.7. The zero-order valence-corrected chi connectivity index (χ0v) is 11.9. The molecule has 0 aliphatic carbocycles. The van der Waals surface area contributed by atoms with Crippen LogP contribution in [0.2, 0.25) is 0 Å². The monoisotopic (exact) mass is 277 g/mol. The Morgan fingerprint density at radius 3 is 2.90 bits per heavy atom. The molecule has 1 N–H and O–H groups in total. The van der Waals surface area contributed by atoms with Crippen LogP contribution in [0.3, 0.4) is 0 Å². The van der Waals surface area contributed by atoms with Gasteiger partial charge in [-0.2, -0.15) is 5.10 Å². The molecule has 0 aliphatic rings. The lowest BCUT2D eigenvalue weighted by molar-refractivity contribution is 0.321. The molecule has 20 heavy (non-hydrogen) atoms. The number of aryl methyl sites for hydroxylation is 1. The third-order valence-corrected chi connectivity index (χ3v) is 2.87. The highest BCUT2D eigenvalue weighted by atomic mass is 19.1. The van der Waals surface area contributed by atoms with Crippen LogP contribution >= 0.6 is 0 Å². The van der Waals surface area contributed by atoms with Crippen molar-refractivity contribution in [2.45, 2.75) is 33.4 Å². The Kier molecular flexibility index (Phi) is 4.98. The van der Waals surface area contributed by atoms with Crippen LogP contribution in [0.4, 0.5) is 10.1 Å². The molecule has 1 aromatic carbocycles. The molecular formula is C15H20FN3O. The molecular weight excluding hydrogens is 257 g/mol. The molecule has 4 nitrogen and oxygen atoms in total. The number of rotatable bonds is 7. The molecule has 2 aromatic rings. The second-order valence-electron chi connectivity index (χ2n) is 4.54. The topological polar surface area (TPSA) is 39.1 Å².